The molecule has 3 rings (SSSR count). The van der Waals surface area contributed by atoms with Gasteiger partial charge in [-0.25, -0.2) is 8.78 Å². The first-order valence-corrected chi connectivity index (χ1v) is 7.06. The maximum atomic E-state index is 14.1. The minimum absolute atomic E-state index is 0.00776. The van der Waals surface area contributed by atoms with Gasteiger partial charge in [-0.2, -0.15) is 0 Å². The molecule has 1 heterocycles. The van der Waals surface area contributed by atoms with Gasteiger partial charge < -0.3 is 10.2 Å². The van der Waals surface area contributed by atoms with Gasteiger partial charge in [-0.05, 0) is 24.5 Å². The van der Waals surface area contributed by atoms with Gasteiger partial charge in [0, 0.05) is 24.6 Å². The smallest absolute Gasteiger partial charge is 0.155 e. The predicted octanol–water partition coefficient (Wildman–Crippen LogP) is 2.70. The first-order valence-electron chi connectivity index (χ1n) is 7.06. The molecule has 0 bridgehead atoms. The Kier molecular flexibility index (Phi) is 3.63. The number of alkyl halides is 1. The van der Waals surface area contributed by atoms with Crippen molar-refractivity contribution in [3.8, 4) is 0 Å². The van der Waals surface area contributed by atoms with Crippen LogP contribution in [-0.4, -0.2) is 27.0 Å². The highest BCUT2D eigenvalue weighted by molar-refractivity contribution is 5.40. The van der Waals surface area contributed by atoms with E-state index in [1.54, 1.807) is 18.3 Å². The standard InChI is InChI=1S/C16H17F2NO2/c17-12-5-1-4-11(14(12)18)16(21)7-6-13(20)15-10(9-16)3-2-8-19-15/h1-4,8,12-13,20-21H,5-7,9H2/t12?,13-,16+/m1/s1. The summed E-state index contributed by atoms with van der Waals surface area (Å²) in [6.45, 7) is 0. The van der Waals surface area contributed by atoms with Crippen LogP contribution >= 0.6 is 0 Å². The SMILES string of the molecule is O[C@@H]1CC[C@@](O)(C2=C(F)C(F)CC=C2)Cc2cccnc21. The number of aromatic nitrogens is 1. The van der Waals surface area contributed by atoms with Gasteiger partial charge in [0.1, 0.15) is 5.83 Å². The lowest BCUT2D eigenvalue weighted by atomic mass is 9.81. The van der Waals surface area contributed by atoms with Crippen molar-refractivity contribution in [2.24, 2.45) is 0 Å². The van der Waals surface area contributed by atoms with Crippen LogP contribution in [0.15, 0.2) is 41.9 Å². The van der Waals surface area contributed by atoms with E-state index in [0.29, 0.717) is 11.3 Å². The summed E-state index contributed by atoms with van der Waals surface area (Å²) in [5, 5.41) is 21.0. The van der Waals surface area contributed by atoms with Crippen molar-refractivity contribution in [2.45, 2.75) is 43.6 Å². The topological polar surface area (TPSA) is 53.4 Å². The number of aliphatic hydroxyl groups excluding tert-OH is 1. The zero-order valence-electron chi connectivity index (χ0n) is 11.5. The predicted molar refractivity (Wildman–Crippen MR) is 73.9 cm³/mol. The van der Waals surface area contributed by atoms with Crippen LogP contribution in [0.3, 0.4) is 0 Å². The van der Waals surface area contributed by atoms with Gasteiger partial charge in [-0.15, -0.1) is 0 Å². The Bertz CT molecular complexity index is 614. The van der Waals surface area contributed by atoms with E-state index < -0.39 is 23.7 Å². The van der Waals surface area contributed by atoms with Crippen LogP contribution in [0.25, 0.3) is 0 Å². The van der Waals surface area contributed by atoms with Crippen LogP contribution in [0.2, 0.25) is 0 Å². The highest BCUT2D eigenvalue weighted by Gasteiger charge is 2.39. The van der Waals surface area contributed by atoms with Crippen molar-refractivity contribution >= 4 is 0 Å². The van der Waals surface area contributed by atoms with Gasteiger partial charge >= 0.3 is 0 Å². The molecular weight excluding hydrogens is 276 g/mol. The first kappa shape index (κ1) is 14.4. The second-order valence-electron chi connectivity index (χ2n) is 5.68. The Morgan fingerprint density at radius 1 is 1.38 bits per heavy atom. The van der Waals surface area contributed by atoms with E-state index in [1.165, 1.54) is 12.2 Å². The number of fused-ring (bicyclic) bond motifs is 1. The summed E-state index contributed by atoms with van der Waals surface area (Å²) in [4.78, 5) is 4.14. The molecule has 1 aromatic rings. The van der Waals surface area contributed by atoms with Crippen molar-refractivity contribution in [3.05, 3.63) is 53.1 Å². The summed E-state index contributed by atoms with van der Waals surface area (Å²) in [6, 6.07) is 3.45. The van der Waals surface area contributed by atoms with E-state index in [2.05, 4.69) is 4.98 Å². The normalized spacial score (nSPS) is 32.8. The van der Waals surface area contributed by atoms with Gasteiger partial charge in [0.25, 0.3) is 0 Å². The molecule has 2 aliphatic carbocycles. The molecule has 0 saturated heterocycles. The Labute approximate surface area is 121 Å². The number of pyridine rings is 1. The van der Waals surface area contributed by atoms with E-state index in [1.807, 2.05) is 0 Å². The zero-order chi connectivity index (χ0) is 15.0. The van der Waals surface area contributed by atoms with Gasteiger partial charge in [-0.1, -0.05) is 18.2 Å². The summed E-state index contributed by atoms with van der Waals surface area (Å²) in [5.41, 5.74) is -0.350. The molecule has 112 valence electrons. The molecule has 0 saturated carbocycles. The van der Waals surface area contributed by atoms with Gasteiger partial charge in [-0.3, -0.25) is 4.98 Å². The fourth-order valence-corrected chi connectivity index (χ4v) is 3.08. The lowest BCUT2D eigenvalue weighted by Gasteiger charge is -2.31. The number of halogens is 2. The summed E-state index contributed by atoms with van der Waals surface area (Å²) >= 11 is 0. The highest BCUT2D eigenvalue weighted by Crippen LogP contribution is 2.40. The molecule has 3 nitrogen and oxygen atoms in total. The molecule has 0 spiro atoms. The number of allylic oxidation sites excluding steroid dienone is 2. The molecule has 0 aromatic carbocycles. The Morgan fingerprint density at radius 2 is 2.19 bits per heavy atom. The zero-order valence-corrected chi connectivity index (χ0v) is 11.5. The molecular formula is C16H17F2NO2. The monoisotopic (exact) mass is 293 g/mol. The lowest BCUT2D eigenvalue weighted by molar-refractivity contribution is 0.0541. The third kappa shape index (κ3) is 2.51. The fraction of sp³-hybridized carbons (Fsp3) is 0.438. The molecule has 0 fully saturated rings. The van der Waals surface area contributed by atoms with E-state index in [4.69, 9.17) is 0 Å². The maximum absolute atomic E-state index is 14.1. The Morgan fingerprint density at radius 3 is 3.00 bits per heavy atom. The van der Waals surface area contributed by atoms with Crippen LogP contribution in [0.1, 0.15) is 36.6 Å². The van der Waals surface area contributed by atoms with Crippen molar-refractivity contribution in [2.75, 3.05) is 0 Å². The number of hydrogen-bond acceptors (Lipinski definition) is 3. The van der Waals surface area contributed by atoms with Crippen molar-refractivity contribution < 1.29 is 19.0 Å². The lowest BCUT2D eigenvalue weighted by Crippen LogP contribution is -2.35. The molecule has 5 heteroatoms. The summed E-state index contributed by atoms with van der Waals surface area (Å²) in [7, 11) is 0. The molecule has 2 N–H and O–H groups in total. The molecule has 2 aliphatic rings. The van der Waals surface area contributed by atoms with Crippen LogP contribution in [0.5, 0.6) is 0 Å². The molecule has 3 atom stereocenters. The average Bonchev–Trinajstić information content (AvgIpc) is 2.60. The minimum atomic E-state index is -1.70. The number of rotatable bonds is 1. The highest BCUT2D eigenvalue weighted by atomic mass is 19.2. The maximum Gasteiger partial charge on any atom is 0.155 e. The second-order valence-corrected chi connectivity index (χ2v) is 5.68. The second kappa shape index (κ2) is 5.31. The fourth-order valence-electron chi connectivity index (χ4n) is 3.08. The van der Waals surface area contributed by atoms with Gasteiger partial charge in [0.05, 0.1) is 17.4 Å². The van der Waals surface area contributed by atoms with Gasteiger partial charge in [0.2, 0.25) is 0 Å². The largest absolute Gasteiger partial charge is 0.387 e. The number of nitrogens with zero attached hydrogens (tertiary/aromatic N) is 1. The average molecular weight is 293 g/mol. The molecule has 0 radical (unpaired) electrons. The Hall–Kier alpha value is -1.59. The molecule has 0 amide bonds. The third-order valence-corrected chi connectivity index (χ3v) is 4.22. The minimum Gasteiger partial charge on any atom is -0.387 e. The van der Waals surface area contributed by atoms with E-state index >= 15 is 0 Å². The van der Waals surface area contributed by atoms with E-state index in [0.717, 1.165) is 0 Å². The molecule has 0 aliphatic heterocycles. The van der Waals surface area contributed by atoms with E-state index in [-0.39, 0.29) is 31.3 Å². The van der Waals surface area contributed by atoms with Crippen molar-refractivity contribution in [1.29, 1.82) is 0 Å². The number of hydrogen-bond donors (Lipinski definition) is 2. The summed E-state index contributed by atoms with van der Waals surface area (Å²) in [6.07, 6.45) is 2.59. The van der Waals surface area contributed by atoms with Crippen LogP contribution < -0.4 is 0 Å². The molecule has 1 aromatic heterocycles. The first-order chi connectivity index (χ1) is 10.0. The Balaban J connectivity index is 2.03. The van der Waals surface area contributed by atoms with Gasteiger partial charge in [0.15, 0.2) is 6.17 Å². The van der Waals surface area contributed by atoms with E-state index in [9.17, 15) is 19.0 Å². The summed E-state index contributed by atoms with van der Waals surface area (Å²) < 4.78 is 27.7. The molecule has 21 heavy (non-hydrogen) atoms. The van der Waals surface area contributed by atoms with Crippen LogP contribution in [-0.2, 0) is 6.42 Å². The number of aliphatic hydroxyl groups is 2. The van der Waals surface area contributed by atoms with Crippen LogP contribution in [0, 0.1) is 0 Å². The van der Waals surface area contributed by atoms with Crippen LogP contribution in [0.4, 0.5) is 8.78 Å². The van der Waals surface area contributed by atoms with Crippen molar-refractivity contribution in [3.63, 3.8) is 0 Å². The quantitative estimate of drug-likeness (QED) is 0.783. The summed E-state index contributed by atoms with van der Waals surface area (Å²) in [5.74, 6) is -0.901. The molecule has 1 unspecified atom stereocenters. The van der Waals surface area contributed by atoms with Crippen molar-refractivity contribution in [1.82, 2.24) is 4.98 Å². The third-order valence-electron chi connectivity index (χ3n) is 4.22.